The molecule has 1 N–H and O–H groups in total. The topological polar surface area (TPSA) is 45.2 Å². The Hall–Kier alpha value is -2.36. The number of carbonyl (C=O) groups is 1. The first-order valence-electron chi connectivity index (χ1n) is 9.15. The SMILES string of the molecule is CCCCCNc1cncc(C(=O)N(Cc2ccccc2)C(C)C)c1. The van der Waals surface area contributed by atoms with E-state index in [1.165, 1.54) is 12.8 Å². The zero-order valence-electron chi connectivity index (χ0n) is 15.5. The van der Waals surface area contributed by atoms with E-state index in [0.29, 0.717) is 12.1 Å². The van der Waals surface area contributed by atoms with Crippen molar-refractivity contribution >= 4 is 11.6 Å². The minimum absolute atomic E-state index is 0.0172. The van der Waals surface area contributed by atoms with E-state index in [1.54, 1.807) is 12.4 Å². The largest absolute Gasteiger partial charge is 0.384 e. The third kappa shape index (κ3) is 5.89. The number of nitrogens with zero attached hydrogens (tertiary/aromatic N) is 2. The van der Waals surface area contributed by atoms with Crippen LogP contribution in [-0.2, 0) is 6.54 Å². The van der Waals surface area contributed by atoms with Gasteiger partial charge in [-0.15, -0.1) is 0 Å². The summed E-state index contributed by atoms with van der Waals surface area (Å²) in [6.45, 7) is 7.78. The van der Waals surface area contributed by atoms with Crippen molar-refractivity contribution in [2.24, 2.45) is 0 Å². The van der Waals surface area contributed by atoms with Crippen molar-refractivity contribution in [2.45, 2.75) is 52.6 Å². The van der Waals surface area contributed by atoms with Crippen LogP contribution in [0.25, 0.3) is 0 Å². The van der Waals surface area contributed by atoms with Gasteiger partial charge in [-0.3, -0.25) is 9.78 Å². The highest BCUT2D eigenvalue weighted by molar-refractivity contribution is 5.94. The monoisotopic (exact) mass is 339 g/mol. The molecule has 0 bridgehead atoms. The van der Waals surface area contributed by atoms with Gasteiger partial charge in [0.1, 0.15) is 0 Å². The molecule has 1 aromatic heterocycles. The molecule has 0 aliphatic carbocycles. The average Bonchev–Trinajstić information content (AvgIpc) is 2.63. The highest BCUT2D eigenvalue weighted by atomic mass is 16.2. The molecule has 0 aliphatic heterocycles. The van der Waals surface area contributed by atoms with Gasteiger partial charge in [0.05, 0.1) is 11.3 Å². The number of aromatic nitrogens is 1. The Morgan fingerprint density at radius 2 is 1.92 bits per heavy atom. The van der Waals surface area contributed by atoms with Gasteiger partial charge in [-0.05, 0) is 31.9 Å². The molecule has 0 spiro atoms. The molecule has 0 fully saturated rings. The zero-order chi connectivity index (χ0) is 18.1. The summed E-state index contributed by atoms with van der Waals surface area (Å²) >= 11 is 0. The lowest BCUT2D eigenvalue weighted by Crippen LogP contribution is -2.36. The van der Waals surface area contributed by atoms with Crippen molar-refractivity contribution in [3.8, 4) is 0 Å². The molecule has 0 saturated heterocycles. The second kappa shape index (κ2) is 9.82. The molecule has 0 saturated carbocycles. The Balaban J connectivity index is 2.08. The number of hydrogen-bond acceptors (Lipinski definition) is 3. The smallest absolute Gasteiger partial charge is 0.256 e. The van der Waals surface area contributed by atoms with Gasteiger partial charge in [0, 0.05) is 31.5 Å². The van der Waals surface area contributed by atoms with Gasteiger partial charge in [0.25, 0.3) is 5.91 Å². The van der Waals surface area contributed by atoms with Crippen molar-refractivity contribution in [3.05, 3.63) is 59.9 Å². The predicted octanol–water partition coefficient (Wildman–Crippen LogP) is 4.73. The molecular weight excluding hydrogens is 310 g/mol. The quantitative estimate of drug-likeness (QED) is 0.672. The number of carbonyl (C=O) groups excluding carboxylic acids is 1. The van der Waals surface area contributed by atoms with E-state index >= 15 is 0 Å². The van der Waals surface area contributed by atoms with Gasteiger partial charge < -0.3 is 10.2 Å². The highest BCUT2D eigenvalue weighted by Gasteiger charge is 2.19. The first-order valence-corrected chi connectivity index (χ1v) is 9.15. The third-order valence-electron chi connectivity index (χ3n) is 4.17. The molecule has 1 aromatic carbocycles. The van der Waals surface area contributed by atoms with Crippen LogP contribution in [0.3, 0.4) is 0 Å². The van der Waals surface area contributed by atoms with Crippen molar-refractivity contribution < 1.29 is 4.79 Å². The fraction of sp³-hybridized carbons (Fsp3) is 0.429. The molecular formula is C21H29N3O. The summed E-state index contributed by atoms with van der Waals surface area (Å²) in [5.74, 6) is 0.0172. The minimum atomic E-state index is 0.0172. The molecule has 2 aromatic rings. The van der Waals surface area contributed by atoms with Crippen LogP contribution in [0.1, 0.15) is 56.0 Å². The summed E-state index contributed by atoms with van der Waals surface area (Å²) < 4.78 is 0. The second-order valence-corrected chi connectivity index (χ2v) is 6.61. The normalized spacial score (nSPS) is 10.7. The van der Waals surface area contributed by atoms with Crippen LogP contribution in [0.4, 0.5) is 5.69 Å². The lowest BCUT2D eigenvalue weighted by molar-refractivity contribution is 0.0690. The van der Waals surface area contributed by atoms with Crippen molar-refractivity contribution in [2.75, 3.05) is 11.9 Å². The second-order valence-electron chi connectivity index (χ2n) is 6.61. The molecule has 4 heteroatoms. The van der Waals surface area contributed by atoms with Gasteiger partial charge in [-0.25, -0.2) is 0 Å². The Morgan fingerprint density at radius 1 is 1.16 bits per heavy atom. The predicted molar refractivity (Wildman–Crippen MR) is 104 cm³/mol. The Labute approximate surface area is 151 Å². The first-order chi connectivity index (χ1) is 12.1. The van der Waals surface area contributed by atoms with E-state index in [9.17, 15) is 4.79 Å². The molecule has 0 aliphatic rings. The number of amides is 1. The van der Waals surface area contributed by atoms with Gasteiger partial charge in [-0.1, -0.05) is 50.1 Å². The number of nitrogens with one attached hydrogen (secondary N) is 1. The lowest BCUT2D eigenvalue weighted by Gasteiger charge is -2.27. The van der Waals surface area contributed by atoms with E-state index in [1.807, 2.05) is 55.1 Å². The number of rotatable bonds is 9. The number of hydrogen-bond donors (Lipinski definition) is 1. The van der Waals surface area contributed by atoms with Crippen LogP contribution in [0.15, 0.2) is 48.8 Å². The van der Waals surface area contributed by atoms with Crippen LogP contribution in [-0.4, -0.2) is 28.4 Å². The Morgan fingerprint density at radius 3 is 2.60 bits per heavy atom. The van der Waals surface area contributed by atoms with Gasteiger partial charge in [0.2, 0.25) is 0 Å². The van der Waals surface area contributed by atoms with Gasteiger partial charge in [0.15, 0.2) is 0 Å². The first kappa shape index (κ1) is 19.0. The molecule has 25 heavy (non-hydrogen) atoms. The third-order valence-corrected chi connectivity index (χ3v) is 4.17. The summed E-state index contributed by atoms with van der Waals surface area (Å²) in [4.78, 5) is 19.1. The number of benzene rings is 1. The minimum Gasteiger partial charge on any atom is -0.384 e. The summed E-state index contributed by atoms with van der Waals surface area (Å²) in [5, 5.41) is 3.36. The van der Waals surface area contributed by atoms with E-state index in [2.05, 4.69) is 17.2 Å². The lowest BCUT2D eigenvalue weighted by atomic mass is 10.1. The van der Waals surface area contributed by atoms with Crippen molar-refractivity contribution in [1.29, 1.82) is 0 Å². The van der Waals surface area contributed by atoms with E-state index in [0.717, 1.165) is 24.2 Å². The number of pyridine rings is 1. The standard InChI is InChI=1S/C21H29N3O/c1-4-5-9-12-23-20-13-19(14-22-15-20)21(25)24(17(2)3)16-18-10-7-6-8-11-18/h6-8,10-11,13-15,17,23H,4-5,9,12,16H2,1-3H3. The summed E-state index contributed by atoms with van der Waals surface area (Å²) in [7, 11) is 0. The fourth-order valence-electron chi connectivity index (χ4n) is 2.70. The number of anilines is 1. The molecule has 1 heterocycles. The van der Waals surface area contributed by atoms with E-state index in [4.69, 9.17) is 0 Å². The van der Waals surface area contributed by atoms with Gasteiger partial charge >= 0.3 is 0 Å². The molecule has 0 unspecified atom stereocenters. The van der Waals surface area contributed by atoms with E-state index < -0.39 is 0 Å². The molecule has 4 nitrogen and oxygen atoms in total. The average molecular weight is 339 g/mol. The van der Waals surface area contributed by atoms with Crippen molar-refractivity contribution in [1.82, 2.24) is 9.88 Å². The molecule has 1 amide bonds. The maximum atomic E-state index is 13.0. The highest BCUT2D eigenvalue weighted by Crippen LogP contribution is 2.16. The van der Waals surface area contributed by atoms with Gasteiger partial charge in [-0.2, -0.15) is 0 Å². The molecule has 0 atom stereocenters. The molecule has 134 valence electrons. The van der Waals surface area contributed by atoms with E-state index in [-0.39, 0.29) is 11.9 Å². The molecule has 0 radical (unpaired) electrons. The van der Waals surface area contributed by atoms with Crippen molar-refractivity contribution in [3.63, 3.8) is 0 Å². The number of unbranched alkanes of at least 4 members (excludes halogenated alkanes) is 2. The van der Waals surface area contributed by atoms with Crippen LogP contribution in [0.2, 0.25) is 0 Å². The Bertz CT molecular complexity index is 655. The maximum Gasteiger partial charge on any atom is 0.256 e. The van der Waals surface area contributed by atoms with Crippen LogP contribution < -0.4 is 5.32 Å². The maximum absolute atomic E-state index is 13.0. The van der Waals surface area contributed by atoms with Crippen LogP contribution in [0, 0.1) is 0 Å². The Kier molecular flexibility index (Phi) is 7.45. The molecule has 2 rings (SSSR count). The van der Waals surface area contributed by atoms with Crippen LogP contribution in [0.5, 0.6) is 0 Å². The fourth-order valence-corrected chi connectivity index (χ4v) is 2.70. The summed E-state index contributed by atoms with van der Waals surface area (Å²) in [6, 6.07) is 12.1. The zero-order valence-corrected chi connectivity index (χ0v) is 15.5. The van der Waals surface area contributed by atoms with Crippen LogP contribution >= 0.6 is 0 Å². The summed E-state index contributed by atoms with van der Waals surface area (Å²) in [5.41, 5.74) is 2.67. The summed E-state index contributed by atoms with van der Waals surface area (Å²) in [6.07, 6.45) is 6.96.